The quantitative estimate of drug-likeness (QED) is 0.809. The molecular weight excluding hydrogens is 318 g/mol. The highest BCUT2D eigenvalue weighted by Gasteiger charge is 2.21. The van der Waals surface area contributed by atoms with Crippen molar-refractivity contribution in [3.63, 3.8) is 0 Å². The highest BCUT2D eigenvalue weighted by atomic mass is 32.2. The SMILES string of the molecule is CN(CC(=O)NCc1ccc(N2CCCC2=O)cc1)S(C)(=O)=O. The molecule has 2 rings (SSSR count). The molecule has 1 saturated heterocycles. The summed E-state index contributed by atoms with van der Waals surface area (Å²) in [5, 5.41) is 2.67. The second-order valence-electron chi connectivity index (χ2n) is 5.61. The predicted molar refractivity (Wildman–Crippen MR) is 87.3 cm³/mol. The number of amides is 2. The molecule has 1 aliphatic heterocycles. The lowest BCUT2D eigenvalue weighted by molar-refractivity contribution is -0.121. The Balaban J connectivity index is 1.87. The third-order valence-electron chi connectivity index (χ3n) is 3.74. The largest absolute Gasteiger partial charge is 0.351 e. The van der Waals surface area contributed by atoms with Crippen LogP contribution in [0, 0.1) is 0 Å². The number of sulfonamides is 1. The van der Waals surface area contributed by atoms with Crippen LogP contribution in [0.4, 0.5) is 5.69 Å². The molecule has 0 atom stereocenters. The number of likely N-dealkylation sites (N-methyl/N-ethyl adjacent to an activating group) is 1. The van der Waals surface area contributed by atoms with E-state index >= 15 is 0 Å². The molecule has 1 aromatic carbocycles. The van der Waals surface area contributed by atoms with Crippen LogP contribution in [0.15, 0.2) is 24.3 Å². The van der Waals surface area contributed by atoms with E-state index in [1.165, 1.54) is 7.05 Å². The molecule has 0 spiro atoms. The van der Waals surface area contributed by atoms with Crippen molar-refractivity contribution in [2.75, 3.05) is 31.3 Å². The van der Waals surface area contributed by atoms with Gasteiger partial charge in [-0.25, -0.2) is 8.42 Å². The van der Waals surface area contributed by atoms with Crippen LogP contribution in [0.3, 0.4) is 0 Å². The molecule has 23 heavy (non-hydrogen) atoms. The third-order valence-corrected chi connectivity index (χ3v) is 5.00. The normalized spacial score (nSPS) is 15.3. The first kappa shape index (κ1) is 17.4. The second kappa shape index (κ2) is 7.10. The fourth-order valence-electron chi connectivity index (χ4n) is 2.29. The van der Waals surface area contributed by atoms with E-state index < -0.39 is 10.0 Å². The topological polar surface area (TPSA) is 86.8 Å². The van der Waals surface area contributed by atoms with Crippen molar-refractivity contribution in [3.05, 3.63) is 29.8 Å². The van der Waals surface area contributed by atoms with E-state index in [0.29, 0.717) is 13.0 Å². The number of nitrogens with zero attached hydrogens (tertiary/aromatic N) is 2. The molecule has 1 aliphatic rings. The maximum absolute atomic E-state index is 11.7. The molecule has 1 aromatic rings. The average Bonchev–Trinajstić information content (AvgIpc) is 2.91. The third kappa shape index (κ3) is 4.77. The number of carbonyl (C=O) groups is 2. The minimum atomic E-state index is -3.37. The molecule has 1 fully saturated rings. The second-order valence-corrected chi connectivity index (χ2v) is 7.70. The predicted octanol–water partition coefficient (Wildman–Crippen LogP) is 0.321. The molecule has 1 heterocycles. The van der Waals surface area contributed by atoms with Crippen molar-refractivity contribution in [1.29, 1.82) is 0 Å². The van der Waals surface area contributed by atoms with Gasteiger partial charge in [-0.3, -0.25) is 9.59 Å². The van der Waals surface area contributed by atoms with Gasteiger partial charge in [0.25, 0.3) is 0 Å². The zero-order chi connectivity index (χ0) is 17.0. The highest BCUT2D eigenvalue weighted by Crippen LogP contribution is 2.21. The van der Waals surface area contributed by atoms with E-state index in [-0.39, 0.29) is 18.4 Å². The minimum Gasteiger partial charge on any atom is -0.351 e. The van der Waals surface area contributed by atoms with Crippen molar-refractivity contribution in [2.45, 2.75) is 19.4 Å². The van der Waals surface area contributed by atoms with E-state index in [1.807, 2.05) is 24.3 Å². The standard InChI is InChI=1S/C15H21N3O4S/c1-17(23(2,21)22)11-14(19)16-10-12-5-7-13(8-6-12)18-9-3-4-15(18)20/h5-8H,3-4,9-11H2,1-2H3,(H,16,19). The lowest BCUT2D eigenvalue weighted by Crippen LogP contribution is -2.37. The molecule has 7 nitrogen and oxygen atoms in total. The highest BCUT2D eigenvalue weighted by molar-refractivity contribution is 7.88. The van der Waals surface area contributed by atoms with Gasteiger partial charge >= 0.3 is 0 Å². The summed E-state index contributed by atoms with van der Waals surface area (Å²) < 4.78 is 23.5. The molecule has 0 saturated carbocycles. The van der Waals surface area contributed by atoms with Crippen LogP contribution >= 0.6 is 0 Å². The molecule has 0 unspecified atom stereocenters. The Labute approximate surface area is 136 Å². The van der Waals surface area contributed by atoms with E-state index in [0.717, 1.165) is 34.8 Å². The maximum Gasteiger partial charge on any atom is 0.235 e. The van der Waals surface area contributed by atoms with Gasteiger partial charge in [-0.05, 0) is 24.1 Å². The molecular formula is C15H21N3O4S. The van der Waals surface area contributed by atoms with Crippen LogP contribution in [0.25, 0.3) is 0 Å². The Hall–Kier alpha value is -1.93. The fourth-order valence-corrected chi connectivity index (χ4v) is 2.64. The van der Waals surface area contributed by atoms with Gasteiger partial charge in [0, 0.05) is 32.2 Å². The first-order chi connectivity index (χ1) is 10.8. The fraction of sp³-hybridized carbons (Fsp3) is 0.467. The Morgan fingerprint density at radius 1 is 1.30 bits per heavy atom. The van der Waals surface area contributed by atoms with E-state index in [2.05, 4.69) is 5.32 Å². The van der Waals surface area contributed by atoms with Crippen LogP contribution in [0.2, 0.25) is 0 Å². The molecule has 2 amide bonds. The van der Waals surface area contributed by atoms with E-state index in [4.69, 9.17) is 0 Å². The van der Waals surface area contributed by atoms with Crippen molar-refractivity contribution >= 4 is 27.5 Å². The number of nitrogens with one attached hydrogen (secondary N) is 1. The lowest BCUT2D eigenvalue weighted by atomic mass is 10.2. The van der Waals surface area contributed by atoms with Gasteiger partial charge in [0.2, 0.25) is 21.8 Å². The van der Waals surface area contributed by atoms with Crippen molar-refractivity contribution in [1.82, 2.24) is 9.62 Å². The average molecular weight is 339 g/mol. The van der Waals surface area contributed by atoms with Gasteiger partial charge in [0.1, 0.15) is 0 Å². The maximum atomic E-state index is 11.7. The lowest BCUT2D eigenvalue weighted by Gasteiger charge is -2.16. The van der Waals surface area contributed by atoms with Gasteiger partial charge in [-0.15, -0.1) is 0 Å². The number of rotatable bonds is 6. The summed E-state index contributed by atoms with van der Waals surface area (Å²) in [5.41, 5.74) is 1.75. The zero-order valence-electron chi connectivity index (χ0n) is 13.3. The van der Waals surface area contributed by atoms with Crippen molar-refractivity contribution in [3.8, 4) is 0 Å². The van der Waals surface area contributed by atoms with E-state index in [9.17, 15) is 18.0 Å². The monoisotopic (exact) mass is 339 g/mol. The molecule has 8 heteroatoms. The van der Waals surface area contributed by atoms with Crippen molar-refractivity contribution < 1.29 is 18.0 Å². The van der Waals surface area contributed by atoms with Crippen LogP contribution < -0.4 is 10.2 Å². The van der Waals surface area contributed by atoms with Gasteiger partial charge in [0.15, 0.2) is 0 Å². The summed E-state index contributed by atoms with van der Waals surface area (Å²) in [5.74, 6) is -0.230. The zero-order valence-corrected chi connectivity index (χ0v) is 14.1. The molecule has 0 aliphatic carbocycles. The van der Waals surface area contributed by atoms with Gasteiger partial charge in [-0.2, -0.15) is 4.31 Å². The van der Waals surface area contributed by atoms with Crippen molar-refractivity contribution in [2.24, 2.45) is 0 Å². The summed E-state index contributed by atoms with van der Waals surface area (Å²) in [6.45, 7) is 0.844. The Kier molecular flexibility index (Phi) is 5.38. The number of carbonyl (C=O) groups excluding carboxylic acids is 2. The smallest absolute Gasteiger partial charge is 0.235 e. The Morgan fingerprint density at radius 3 is 2.48 bits per heavy atom. The number of anilines is 1. The van der Waals surface area contributed by atoms with Crippen LogP contribution in [-0.2, 0) is 26.2 Å². The molecule has 0 radical (unpaired) electrons. The van der Waals surface area contributed by atoms with Gasteiger partial charge < -0.3 is 10.2 Å². The van der Waals surface area contributed by atoms with Crippen LogP contribution in [0.1, 0.15) is 18.4 Å². The summed E-state index contributed by atoms with van der Waals surface area (Å²) in [7, 11) is -2.01. The Morgan fingerprint density at radius 2 is 1.96 bits per heavy atom. The molecule has 0 aromatic heterocycles. The number of hydrogen-bond acceptors (Lipinski definition) is 4. The number of hydrogen-bond donors (Lipinski definition) is 1. The summed E-state index contributed by atoms with van der Waals surface area (Å²) in [6, 6.07) is 7.41. The summed E-state index contributed by atoms with van der Waals surface area (Å²) >= 11 is 0. The van der Waals surface area contributed by atoms with Gasteiger partial charge in [0.05, 0.1) is 12.8 Å². The summed E-state index contributed by atoms with van der Waals surface area (Å²) in [4.78, 5) is 25.1. The molecule has 0 bridgehead atoms. The Bertz CT molecular complexity index is 685. The summed E-state index contributed by atoms with van der Waals surface area (Å²) in [6.07, 6.45) is 2.52. The van der Waals surface area contributed by atoms with E-state index in [1.54, 1.807) is 4.90 Å². The molecule has 126 valence electrons. The first-order valence-corrected chi connectivity index (χ1v) is 9.19. The number of benzene rings is 1. The van der Waals surface area contributed by atoms with Gasteiger partial charge in [-0.1, -0.05) is 12.1 Å². The molecule has 1 N–H and O–H groups in total. The first-order valence-electron chi connectivity index (χ1n) is 7.34. The van der Waals surface area contributed by atoms with Crippen LogP contribution in [0.5, 0.6) is 0 Å². The van der Waals surface area contributed by atoms with Crippen LogP contribution in [-0.4, -0.2) is 50.9 Å². The minimum absolute atomic E-state index is 0.134.